The molecule has 27 heavy (non-hydrogen) atoms. The molecule has 2 fully saturated rings. The fraction of sp³-hybridized carbons (Fsp3) is 0.500. The zero-order valence-corrected chi connectivity index (χ0v) is 15.8. The van der Waals surface area contributed by atoms with Crippen LogP contribution in [0.2, 0.25) is 0 Å². The van der Waals surface area contributed by atoms with Gasteiger partial charge in [0, 0.05) is 18.4 Å². The minimum atomic E-state index is -0.943. The van der Waals surface area contributed by atoms with E-state index in [2.05, 4.69) is 20.8 Å². The summed E-state index contributed by atoms with van der Waals surface area (Å²) in [6.07, 6.45) is 1.87. The molecule has 2 unspecified atom stereocenters. The monoisotopic (exact) mass is 370 g/mol. The van der Waals surface area contributed by atoms with Crippen molar-refractivity contribution in [3.63, 3.8) is 0 Å². The average Bonchev–Trinajstić information content (AvgIpc) is 3.24. The van der Waals surface area contributed by atoms with Crippen molar-refractivity contribution in [1.29, 1.82) is 0 Å². The van der Waals surface area contributed by atoms with Gasteiger partial charge in [-0.25, -0.2) is 14.4 Å². The van der Waals surface area contributed by atoms with Crippen molar-refractivity contribution >= 4 is 17.6 Å². The Morgan fingerprint density at radius 1 is 1.33 bits per heavy atom. The van der Waals surface area contributed by atoms with E-state index in [1.165, 1.54) is 15.9 Å². The lowest BCUT2D eigenvalue weighted by molar-refractivity contribution is -0.169. The van der Waals surface area contributed by atoms with E-state index >= 15 is 0 Å². The second-order valence-corrected chi connectivity index (χ2v) is 7.57. The number of hydrogen-bond acceptors (Lipinski definition) is 6. The second-order valence-electron chi connectivity index (χ2n) is 7.57. The Labute approximate surface area is 156 Å². The van der Waals surface area contributed by atoms with E-state index in [1.54, 1.807) is 6.07 Å². The van der Waals surface area contributed by atoms with E-state index in [9.17, 15) is 9.59 Å². The number of tetrazole rings is 1. The molecule has 1 spiro atoms. The van der Waals surface area contributed by atoms with Gasteiger partial charge in [-0.05, 0) is 42.0 Å². The van der Waals surface area contributed by atoms with Crippen LogP contribution >= 0.6 is 0 Å². The first-order valence-electron chi connectivity index (χ1n) is 8.94. The highest BCUT2D eigenvalue weighted by Gasteiger charge is 2.70. The molecule has 9 heteroatoms. The van der Waals surface area contributed by atoms with Gasteiger partial charge >= 0.3 is 6.03 Å². The highest BCUT2D eigenvalue weighted by molar-refractivity contribution is 6.24. The Morgan fingerprint density at radius 3 is 2.74 bits per heavy atom. The van der Waals surface area contributed by atoms with Crippen molar-refractivity contribution < 1.29 is 14.3 Å². The number of imide groups is 1. The second kappa shape index (κ2) is 5.85. The first-order valence-corrected chi connectivity index (χ1v) is 8.94. The van der Waals surface area contributed by atoms with Crippen molar-refractivity contribution in [1.82, 2.24) is 25.5 Å². The van der Waals surface area contributed by atoms with Crippen LogP contribution in [-0.2, 0) is 9.53 Å². The molecule has 1 saturated carbocycles. The number of anilines is 1. The summed E-state index contributed by atoms with van der Waals surface area (Å²) in [5.74, 6) is -0.245. The SMILES string of the molecule is CCOC1CC2(NC(=O)N(c3cc(-n4cnnn4)ccc3C)C2=O)C1(C)C. The van der Waals surface area contributed by atoms with Gasteiger partial charge in [0.15, 0.2) is 0 Å². The number of amides is 3. The molecule has 1 saturated heterocycles. The number of rotatable bonds is 4. The van der Waals surface area contributed by atoms with Crippen LogP contribution in [0, 0.1) is 12.3 Å². The molecule has 9 nitrogen and oxygen atoms in total. The van der Waals surface area contributed by atoms with Crippen LogP contribution in [0.15, 0.2) is 24.5 Å². The molecule has 1 aromatic carbocycles. The smallest absolute Gasteiger partial charge is 0.329 e. The Morgan fingerprint density at radius 2 is 2.11 bits per heavy atom. The Bertz CT molecular complexity index is 910. The standard InChI is InChI=1S/C18H22N6O3/c1-5-27-14-9-18(17(14,3)4)15(25)24(16(26)20-18)13-8-12(7-6-11(13)2)23-10-19-21-22-23/h6-8,10,14H,5,9H2,1-4H3,(H,20,26). The van der Waals surface area contributed by atoms with E-state index in [0.717, 1.165) is 5.56 Å². The summed E-state index contributed by atoms with van der Waals surface area (Å²) >= 11 is 0. The van der Waals surface area contributed by atoms with Gasteiger partial charge in [0.05, 0.1) is 17.5 Å². The summed E-state index contributed by atoms with van der Waals surface area (Å²) in [5, 5.41) is 14.1. The highest BCUT2D eigenvalue weighted by atomic mass is 16.5. The van der Waals surface area contributed by atoms with Crippen molar-refractivity contribution in [2.24, 2.45) is 5.41 Å². The Kier molecular flexibility index (Phi) is 3.81. The van der Waals surface area contributed by atoms with Gasteiger partial charge in [0.1, 0.15) is 11.9 Å². The molecule has 2 heterocycles. The van der Waals surface area contributed by atoms with E-state index in [4.69, 9.17) is 4.74 Å². The van der Waals surface area contributed by atoms with Crippen molar-refractivity contribution in [3.8, 4) is 5.69 Å². The van der Waals surface area contributed by atoms with Crippen molar-refractivity contribution in [3.05, 3.63) is 30.1 Å². The number of ether oxygens (including phenoxy) is 1. The summed E-state index contributed by atoms with van der Waals surface area (Å²) in [4.78, 5) is 27.4. The maximum atomic E-state index is 13.4. The van der Waals surface area contributed by atoms with Gasteiger partial charge in [-0.2, -0.15) is 0 Å². The Hall–Kier alpha value is -2.81. The molecular formula is C18H22N6O3. The maximum absolute atomic E-state index is 13.4. The van der Waals surface area contributed by atoms with E-state index in [0.29, 0.717) is 24.4 Å². The molecule has 2 aromatic rings. The molecule has 2 atom stereocenters. The quantitative estimate of drug-likeness (QED) is 0.820. The number of nitrogens with zero attached hydrogens (tertiary/aromatic N) is 5. The van der Waals surface area contributed by atoms with Gasteiger partial charge in [-0.15, -0.1) is 5.10 Å². The molecule has 142 valence electrons. The topological polar surface area (TPSA) is 102 Å². The summed E-state index contributed by atoms with van der Waals surface area (Å²) in [6.45, 7) is 8.28. The minimum Gasteiger partial charge on any atom is -0.378 e. The average molecular weight is 370 g/mol. The first kappa shape index (κ1) is 17.6. The molecule has 1 N–H and O–H groups in total. The number of hydrogen-bond donors (Lipinski definition) is 1. The Balaban J connectivity index is 1.71. The number of carbonyl (C=O) groups is 2. The summed E-state index contributed by atoms with van der Waals surface area (Å²) in [6, 6.07) is 5.00. The van der Waals surface area contributed by atoms with Gasteiger partial charge in [0.25, 0.3) is 5.91 Å². The number of carbonyl (C=O) groups excluding carboxylic acids is 2. The lowest BCUT2D eigenvalue weighted by atomic mass is 9.54. The van der Waals surface area contributed by atoms with E-state index < -0.39 is 17.0 Å². The number of nitrogens with one attached hydrogen (secondary N) is 1. The normalized spacial score (nSPS) is 26.4. The number of aryl methyl sites for hydroxylation is 1. The lowest BCUT2D eigenvalue weighted by Crippen LogP contribution is -2.73. The molecule has 0 radical (unpaired) electrons. The number of benzene rings is 1. The first-order chi connectivity index (χ1) is 12.8. The highest BCUT2D eigenvalue weighted by Crippen LogP contribution is 2.54. The lowest BCUT2D eigenvalue weighted by Gasteiger charge is -2.57. The van der Waals surface area contributed by atoms with Gasteiger partial charge in [0.2, 0.25) is 0 Å². The summed E-state index contributed by atoms with van der Waals surface area (Å²) < 4.78 is 7.23. The van der Waals surface area contributed by atoms with Crippen LogP contribution in [0.3, 0.4) is 0 Å². The zero-order chi connectivity index (χ0) is 19.4. The fourth-order valence-corrected chi connectivity index (χ4v) is 4.04. The fourth-order valence-electron chi connectivity index (χ4n) is 4.04. The molecule has 1 aliphatic heterocycles. The third-order valence-electron chi connectivity index (χ3n) is 5.90. The van der Waals surface area contributed by atoms with Crippen molar-refractivity contribution in [2.45, 2.75) is 45.8 Å². The summed E-state index contributed by atoms with van der Waals surface area (Å²) in [7, 11) is 0. The third kappa shape index (κ3) is 2.31. The number of urea groups is 1. The van der Waals surface area contributed by atoms with E-state index in [1.807, 2.05) is 39.8 Å². The van der Waals surface area contributed by atoms with Gasteiger partial charge in [-0.1, -0.05) is 19.9 Å². The van der Waals surface area contributed by atoms with Gasteiger partial charge < -0.3 is 10.1 Å². The van der Waals surface area contributed by atoms with Crippen LogP contribution in [0.25, 0.3) is 5.69 Å². The van der Waals surface area contributed by atoms with Crippen LogP contribution in [0.1, 0.15) is 32.8 Å². The molecule has 1 aromatic heterocycles. The van der Waals surface area contributed by atoms with Crippen LogP contribution in [0.5, 0.6) is 0 Å². The maximum Gasteiger partial charge on any atom is 0.329 e. The summed E-state index contributed by atoms with van der Waals surface area (Å²) in [5.41, 5.74) is 0.568. The molecule has 4 rings (SSSR count). The minimum absolute atomic E-state index is 0.0691. The molecule has 1 aliphatic carbocycles. The molecule has 0 bridgehead atoms. The zero-order valence-electron chi connectivity index (χ0n) is 15.8. The molecule has 2 aliphatic rings. The van der Waals surface area contributed by atoms with E-state index in [-0.39, 0.29) is 12.0 Å². The van der Waals surface area contributed by atoms with Crippen molar-refractivity contribution in [2.75, 3.05) is 11.5 Å². The number of aromatic nitrogens is 4. The van der Waals surface area contributed by atoms with Gasteiger partial charge in [-0.3, -0.25) is 4.79 Å². The van der Waals surface area contributed by atoms with Crippen LogP contribution in [-0.4, -0.2) is 50.4 Å². The molecule has 3 amide bonds. The predicted molar refractivity (Wildman–Crippen MR) is 96.5 cm³/mol. The van der Waals surface area contributed by atoms with Crippen LogP contribution < -0.4 is 10.2 Å². The molecular weight excluding hydrogens is 348 g/mol. The van der Waals surface area contributed by atoms with Crippen LogP contribution in [0.4, 0.5) is 10.5 Å². The largest absolute Gasteiger partial charge is 0.378 e. The predicted octanol–water partition coefficient (Wildman–Crippen LogP) is 1.60. The third-order valence-corrected chi connectivity index (χ3v) is 5.90.